The summed E-state index contributed by atoms with van der Waals surface area (Å²) in [6, 6.07) is 0. The molecule has 0 unspecified atom stereocenters. The Bertz CT molecular complexity index is 649. The molecule has 0 atom stereocenters. The van der Waals surface area contributed by atoms with Gasteiger partial charge in [-0.05, 0) is 31.2 Å². The van der Waals surface area contributed by atoms with Crippen LogP contribution in [0.5, 0.6) is 0 Å². The second-order valence-corrected chi connectivity index (χ2v) is 6.52. The van der Waals surface area contributed by atoms with Crippen LogP contribution in [-0.2, 0) is 31.8 Å². The number of rotatable bonds is 3. The molecule has 0 radical (unpaired) electrons. The number of carbonyl (C=O) groups excluding carboxylic acids is 2. The highest BCUT2D eigenvalue weighted by Gasteiger charge is 2.27. The van der Waals surface area contributed by atoms with Crippen LogP contribution in [0.25, 0.3) is 0 Å². The maximum Gasteiger partial charge on any atom is 0.341 e. The van der Waals surface area contributed by atoms with Crippen molar-refractivity contribution in [2.45, 2.75) is 32.1 Å². The molecule has 124 valence electrons. The summed E-state index contributed by atoms with van der Waals surface area (Å²) in [7, 11) is 1.36. The predicted molar refractivity (Wildman–Crippen MR) is 85.5 cm³/mol. The first kappa shape index (κ1) is 15.9. The topological polar surface area (TPSA) is 73.9 Å². The number of fused-ring (bicyclic) bond motifs is 1. The fourth-order valence-corrected chi connectivity index (χ4v) is 4.07. The minimum Gasteiger partial charge on any atom is -0.494 e. The number of methoxy groups -OCH3 is 1. The van der Waals surface area contributed by atoms with E-state index in [9.17, 15) is 9.59 Å². The van der Waals surface area contributed by atoms with Crippen LogP contribution < -0.4 is 5.32 Å². The number of ether oxygens (including phenoxy) is 3. The molecule has 1 amide bonds. The number of nitrogens with one attached hydrogen (secondary N) is 1. The maximum atomic E-state index is 12.3. The third kappa shape index (κ3) is 3.34. The summed E-state index contributed by atoms with van der Waals surface area (Å²) in [5.74, 6) is -0.698. The molecule has 1 N–H and O–H groups in total. The lowest BCUT2D eigenvalue weighted by molar-refractivity contribution is -0.117. The lowest BCUT2D eigenvalue weighted by Crippen LogP contribution is -2.21. The number of carbonyl (C=O) groups is 2. The number of hydrogen-bond donors (Lipinski definition) is 1. The third-order valence-corrected chi connectivity index (χ3v) is 5.12. The van der Waals surface area contributed by atoms with Crippen molar-refractivity contribution in [3.05, 3.63) is 28.0 Å². The van der Waals surface area contributed by atoms with Gasteiger partial charge in [0.15, 0.2) is 0 Å². The van der Waals surface area contributed by atoms with Crippen LogP contribution in [0.1, 0.15) is 40.1 Å². The first-order valence-electron chi connectivity index (χ1n) is 7.69. The van der Waals surface area contributed by atoms with E-state index < -0.39 is 11.9 Å². The second-order valence-electron chi connectivity index (χ2n) is 5.42. The molecule has 0 bridgehead atoms. The predicted octanol–water partition coefficient (Wildman–Crippen LogP) is 2.63. The first-order valence-corrected chi connectivity index (χ1v) is 8.51. The minimum atomic E-state index is -0.411. The number of esters is 1. The van der Waals surface area contributed by atoms with Crippen LogP contribution in [0, 0.1) is 0 Å². The summed E-state index contributed by atoms with van der Waals surface area (Å²) in [6.45, 7) is 0.765. The Labute approximate surface area is 138 Å². The Balaban J connectivity index is 1.90. The fourth-order valence-electron chi connectivity index (χ4n) is 2.80. The molecular formula is C16H19NO5S. The number of amides is 1. The van der Waals surface area contributed by atoms with Crippen molar-refractivity contribution in [3.8, 4) is 0 Å². The molecule has 1 aliphatic heterocycles. The zero-order chi connectivity index (χ0) is 16.2. The Morgan fingerprint density at radius 1 is 1.22 bits per heavy atom. The van der Waals surface area contributed by atoms with Gasteiger partial charge in [-0.1, -0.05) is 6.42 Å². The highest BCUT2D eigenvalue weighted by atomic mass is 32.1. The number of thiophene rings is 1. The van der Waals surface area contributed by atoms with Gasteiger partial charge in [0.2, 0.25) is 5.76 Å². The van der Waals surface area contributed by atoms with Gasteiger partial charge in [-0.15, -0.1) is 11.3 Å². The normalized spacial score (nSPS) is 17.0. The van der Waals surface area contributed by atoms with Gasteiger partial charge in [0.1, 0.15) is 24.5 Å². The SMILES string of the molecule is COC(=O)c1c(NC(=O)C2=COCCO2)sc2c1CCCCC2. The fraction of sp³-hybridized carbons (Fsp3) is 0.500. The maximum absolute atomic E-state index is 12.3. The summed E-state index contributed by atoms with van der Waals surface area (Å²) in [6.07, 6.45) is 6.38. The highest BCUT2D eigenvalue weighted by molar-refractivity contribution is 7.17. The highest BCUT2D eigenvalue weighted by Crippen LogP contribution is 2.38. The van der Waals surface area contributed by atoms with E-state index in [4.69, 9.17) is 14.2 Å². The second kappa shape index (κ2) is 7.04. The summed E-state index contributed by atoms with van der Waals surface area (Å²) >= 11 is 1.45. The minimum absolute atomic E-state index is 0.121. The Hall–Kier alpha value is -2.02. The van der Waals surface area contributed by atoms with Gasteiger partial charge < -0.3 is 19.5 Å². The average molecular weight is 337 g/mol. The van der Waals surface area contributed by atoms with Crippen LogP contribution in [0.15, 0.2) is 12.0 Å². The van der Waals surface area contributed by atoms with Crippen molar-refractivity contribution in [2.75, 3.05) is 25.6 Å². The van der Waals surface area contributed by atoms with Crippen molar-refractivity contribution >= 4 is 28.2 Å². The van der Waals surface area contributed by atoms with Crippen molar-refractivity contribution in [1.29, 1.82) is 0 Å². The van der Waals surface area contributed by atoms with Gasteiger partial charge in [-0.25, -0.2) is 4.79 Å². The first-order chi connectivity index (χ1) is 11.2. The van der Waals surface area contributed by atoms with Gasteiger partial charge in [0.25, 0.3) is 5.91 Å². The number of aryl methyl sites for hydroxylation is 1. The summed E-state index contributed by atoms with van der Waals surface area (Å²) in [5.41, 5.74) is 1.50. The van der Waals surface area contributed by atoms with Crippen molar-refractivity contribution in [1.82, 2.24) is 0 Å². The van der Waals surface area contributed by atoms with E-state index in [0.717, 1.165) is 42.5 Å². The molecule has 6 nitrogen and oxygen atoms in total. The quantitative estimate of drug-likeness (QED) is 0.678. The molecule has 2 aliphatic rings. The molecule has 1 aromatic rings. The third-order valence-electron chi connectivity index (χ3n) is 3.91. The number of hydrogen-bond acceptors (Lipinski definition) is 6. The molecule has 0 aromatic carbocycles. The lowest BCUT2D eigenvalue weighted by atomic mass is 10.1. The standard InChI is InChI=1S/C16H19NO5S/c1-20-16(19)13-10-5-3-2-4-6-12(10)23-15(13)17-14(18)11-9-21-7-8-22-11/h9H,2-8H2,1H3,(H,17,18). The summed E-state index contributed by atoms with van der Waals surface area (Å²) in [5, 5.41) is 3.31. The average Bonchev–Trinajstić information content (AvgIpc) is 2.76. The molecule has 1 aliphatic carbocycles. The smallest absolute Gasteiger partial charge is 0.341 e. The van der Waals surface area contributed by atoms with Gasteiger partial charge in [-0.3, -0.25) is 4.79 Å². The Morgan fingerprint density at radius 2 is 2.04 bits per heavy atom. The van der Waals surface area contributed by atoms with E-state index >= 15 is 0 Å². The van der Waals surface area contributed by atoms with E-state index in [1.165, 1.54) is 24.7 Å². The van der Waals surface area contributed by atoms with Gasteiger partial charge >= 0.3 is 5.97 Å². The van der Waals surface area contributed by atoms with Crippen LogP contribution in [0.4, 0.5) is 5.00 Å². The molecular weight excluding hydrogens is 318 g/mol. The zero-order valence-corrected chi connectivity index (χ0v) is 13.8. The zero-order valence-electron chi connectivity index (χ0n) is 13.0. The molecule has 1 aromatic heterocycles. The van der Waals surface area contributed by atoms with E-state index in [1.54, 1.807) is 0 Å². The van der Waals surface area contributed by atoms with Crippen LogP contribution >= 0.6 is 11.3 Å². The van der Waals surface area contributed by atoms with E-state index in [-0.39, 0.29) is 5.76 Å². The summed E-state index contributed by atoms with van der Waals surface area (Å²) in [4.78, 5) is 25.6. The molecule has 7 heteroatoms. The molecule has 3 rings (SSSR count). The summed E-state index contributed by atoms with van der Waals surface area (Å²) < 4.78 is 15.3. The van der Waals surface area contributed by atoms with E-state index in [2.05, 4.69) is 5.32 Å². The Morgan fingerprint density at radius 3 is 2.78 bits per heavy atom. The molecule has 0 spiro atoms. The monoisotopic (exact) mass is 337 g/mol. The van der Waals surface area contributed by atoms with Crippen molar-refractivity contribution in [3.63, 3.8) is 0 Å². The van der Waals surface area contributed by atoms with Crippen LogP contribution in [0.2, 0.25) is 0 Å². The van der Waals surface area contributed by atoms with E-state index in [1.807, 2.05) is 0 Å². The van der Waals surface area contributed by atoms with Gasteiger partial charge in [-0.2, -0.15) is 0 Å². The molecule has 2 heterocycles. The van der Waals surface area contributed by atoms with Crippen LogP contribution in [0.3, 0.4) is 0 Å². The molecule has 0 fully saturated rings. The largest absolute Gasteiger partial charge is 0.494 e. The Kier molecular flexibility index (Phi) is 4.85. The molecule has 0 saturated heterocycles. The van der Waals surface area contributed by atoms with E-state index in [0.29, 0.717) is 23.8 Å². The van der Waals surface area contributed by atoms with Crippen molar-refractivity contribution < 1.29 is 23.8 Å². The molecule has 23 heavy (non-hydrogen) atoms. The van der Waals surface area contributed by atoms with Crippen molar-refractivity contribution in [2.24, 2.45) is 0 Å². The molecule has 0 saturated carbocycles. The number of anilines is 1. The van der Waals surface area contributed by atoms with Gasteiger partial charge in [0, 0.05) is 4.88 Å². The van der Waals surface area contributed by atoms with Crippen LogP contribution in [-0.4, -0.2) is 32.2 Å². The van der Waals surface area contributed by atoms with Gasteiger partial charge in [0.05, 0.1) is 12.7 Å². The lowest BCUT2D eigenvalue weighted by Gasteiger charge is -2.15.